The first-order valence-corrected chi connectivity index (χ1v) is 11.4. The van der Waals surface area contributed by atoms with E-state index >= 15 is 0 Å². The Morgan fingerprint density at radius 3 is 2.52 bits per heavy atom. The number of hydrogen-bond donors (Lipinski definition) is 0. The van der Waals surface area contributed by atoms with Crippen molar-refractivity contribution in [3.8, 4) is 5.75 Å². The van der Waals surface area contributed by atoms with Gasteiger partial charge in [-0.2, -0.15) is 0 Å². The van der Waals surface area contributed by atoms with Crippen LogP contribution in [0.4, 0.5) is 5.69 Å². The van der Waals surface area contributed by atoms with Crippen LogP contribution in [-0.2, 0) is 4.79 Å². The summed E-state index contributed by atoms with van der Waals surface area (Å²) >= 11 is 1.42. The number of ether oxygens (including phenoxy) is 1. The van der Waals surface area contributed by atoms with Crippen molar-refractivity contribution in [1.29, 1.82) is 0 Å². The lowest BCUT2D eigenvalue weighted by molar-refractivity contribution is -0.123. The molecule has 1 saturated heterocycles. The van der Waals surface area contributed by atoms with Crippen molar-refractivity contribution in [2.24, 2.45) is 4.99 Å². The molecule has 1 fully saturated rings. The van der Waals surface area contributed by atoms with E-state index in [0.717, 1.165) is 34.2 Å². The highest BCUT2D eigenvalue weighted by atomic mass is 32.2. The lowest BCUT2D eigenvalue weighted by Gasteiger charge is -2.19. The van der Waals surface area contributed by atoms with Crippen molar-refractivity contribution >= 4 is 45.4 Å². The Morgan fingerprint density at radius 1 is 1.03 bits per heavy atom. The van der Waals surface area contributed by atoms with Gasteiger partial charge in [0.05, 0.1) is 17.2 Å². The van der Waals surface area contributed by atoms with E-state index in [1.54, 1.807) is 4.90 Å². The fraction of sp³-hybridized carbons (Fsp3) is 0.231. The predicted molar refractivity (Wildman–Crippen MR) is 131 cm³/mol. The zero-order chi connectivity index (χ0) is 21.8. The van der Waals surface area contributed by atoms with E-state index in [2.05, 4.69) is 25.1 Å². The average Bonchev–Trinajstić information content (AvgIpc) is 3.08. The molecule has 158 valence electrons. The number of aliphatic imine (C=N–C) groups is 1. The summed E-state index contributed by atoms with van der Waals surface area (Å²) in [5, 5.41) is 2.89. The summed E-state index contributed by atoms with van der Waals surface area (Å²) in [6.45, 7) is 6.74. The van der Waals surface area contributed by atoms with Crippen LogP contribution >= 0.6 is 11.8 Å². The number of rotatable bonds is 6. The molecule has 0 aliphatic carbocycles. The van der Waals surface area contributed by atoms with E-state index in [9.17, 15) is 4.79 Å². The molecule has 0 unspecified atom stereocenters. The van der Waals surface area contributed by atoms with Crippen LogP contribution in [0.5, 0.6) is 5.75 Å². The number of thioether (sulfide) groups is 1. The summed E-state index contributed by atoms with van der Waals surface area (Å²) in [5.74, 6) is 0.773. The normalized spacial score (nSPS) is 16.8. The molecule has 3 aromatic carbocycles. The monoisotopic (exact) mass is 430 g/mol. The molecule has 1 amide bonds. The smallest absolute Gasteiger partial charge is 0.266 e. The fourth-order valence-corrected chi connectivity index (χ4v) is 4.63. The van der Waals surface area contributed by atoms with Gasteiger partial charge in [0.25, 0.3) is 5.91 Å². The summed E-state index contributed by atoms with van der Waals surface area (Å²) in [5.41, 5.74) is 1.77. The first-order valence-electron chi connectivity index (χ1n) is 10.6. The molecule has 1 aliphatic rings. The lowest BCUT2D eigenvalue weighted by atomic mass is 10.0. The van der Waals surface area contributed by atoms with Crippen molar-refractivity contribution in [3.63, 3.8) is 0 Å². The largest absolute Gasteiger partial charge is 0.493 e. The van der Waals surface area contributed by atoms with Crippen molar-refractivity contribution in [2.75, 3.05) is 6.61 Å². The summed E-state index contributed by atoms with van der Waals surface area (Å²) in [6.07, 6.45) is 2.88. The van der Waals surface area contributed by atoms with E-state index in [-0.39, 0.29) is 11.9 Å². The second kappa shape index (κ2) is 9.40. The number of hydrogen-bond acceptors (Lipinski definition) is 4. The van der Waals surface area contributed by atoms with Gasteiger partial charge in [-0.15, -0.1) is 0 Å². The number of nitrogens with zero attached hydrogens (tertiary/aromatic N) is 2. The Kier molecular flexibility index (Phi) is 6.42. The Labute approximate surface area is 187 Å². The summed E-state index contributed by atoms with van der Waals surface area (Å²) in [6, 6.07) is 22.0. The van der Waals surface area contributed by atoms with Crippen LogP contribution in [0.25, 0.3) is 16.8 Å². The molecular formula is C26H26N2O2S. The van der Waals surface area contributed by atoms with Gasteiger partial charge >= 0.3 is 0 Å². The average molecular weight is 431 g/mol. The number of benzene rings is 3. The third kappa shape index (κ3) is 4.52. The van der Waals surface area contributed by atoms with Gasteiger partial charge in [0, 0.05) is 11.6 Å². The number of fused-ring (bicyclic) bond motifs is 1. The zero-order valence-corrected chi connectivity index (χ0v) is 18.9. The highest BCUT2D eigenvalue weighted by Crippen LogP contribution is 2.38. The van der Waals surface area contributed by atoms with Gasteiger partial charge in [-0.1, -0.05) is 55.5 Å². The van der Waals surface area contributed by atoms with Crippen LogP contribution in [0.15, 0.2) is 76.6 Å². The van der Waals surface area contributed by atoms with Crippen molar-refractivity contribution < 1.29 is 9.53 Å². The van der Waals surface area contributed by atoms with Gasteiger partial charge in [-0.05, 0) is 67.1 Å². The molecule has 0 atom stereocenters. The van der Waals surface area contributed by atoms with Crippen LogP contribution in [0.1, 0.15) is 32.8 Å². The van der Waals surface area contributed by atoms with Crippen LogP contribution in [0, 0.1) is 0 Å². The molecule has 31 heavy (non-hydrogen) atoms. The van der Waals surface area contributed by atoms with Gasteiger partial charge in [0.15, 0.2) is 5.17 Å². The maximum Gasteiger partial charge on any atom is 0.266 e. The minimum absolute atomic E-state index is 0.0108. The number of amides is 1. The molecule has 4 nitrogen and oxygen atoms in total. The highest BCUT2D eigenvalue weighted by Gasteiger charge is 2.35. The Morgan fingerprint density at radius 2 is 1.77 bits per heavy atom. The molecule has 0 bridgehead atoms. The van der Waals surface area contributed by atoms with Crippen LogP contribution < -0.4 is 4.74 Å². The van der Waals surface area contributed by atoms with Gasteiger partial charge in [-0.25, -0.2) is 4.99 Å². The second-order valence-electron chi connectivity index (χ2n) is 7.66. The first kappa shape index (κ1) is 21.2. The predicted octanol–water partition coefficient (Wildman–Crippen LogP) is 6.64. The molecule has 3 aromatic rings. The molecule has 0 saturated carbocycles. The minimum Gasteiger partial charge on any atom is -0.493 e. The van der Waals surface area contributed by atoms with E-state index in [1.165, 1.54) is 11.8 Å². The van der Waals surface area contributed by atoms with Crippen LogP contribution in [0.3, 0.4) is 0 Å². The molecule has 0 radical (unpaired) electrons. The second-order valence-corrected chi connectivity index (χ2v) is 8.67. The number of amidine groups is 1. The molecule has 1 heterocycles. The van der Waals surface area contributed by atoms with E-state index < -0.39 is 0 Å². The van der Waals surface area contributed by atoms with E-state index in [0.29, 0.717) is 16.7 Å². The SMILES string of the molecule is CCCOc1ccc2ccccc2c1/C=C1/SC(=Nc2ccccc2)N(C(C)C)C1=O. The summed E-state index contributed by atoms with van der Waals surface area (Å²) in [7, 11) is 0. The molecule has 0 spiro atoms. The van der Waals surface area contributed by atoms with Crippen molar-refractivity contribution in [1.82, 2.24) is 4.90 Å². The van der Waals surface area contributed by atoms with Gasteiger partial charge < -0.3 is 4.74 Å². The van der Waals surface area contributed by atoms with Crippen molar-refractivity contribution in [3.05, 3.63) is 77.2 Å². The Balaban J connectivity index is 1.80. The van der Waals surface area contributed by atoms with Crippen LogP contribution in [0.2, 0.25) is 0 Å². The topological polar surface area (TPSA) is 41.9 Å². The van der Waals surface area contributed by atoms with E-state index in [1.807, 2.05) is 68.5 Å². The molecule has 1 aliphatic heterocycles. The summed E-state index contributed by atoms with van der Waals surface area (Å²) in [4.78, 5) is 20.5. The molecule has 4 rings (SSSR count). The van der Waals surface area contributed by atoms with Crippen molar-refractivity contribution in [2.45, 2.75) is 33.2 Å². The van der Waals surface area contributed by atoms with Crippen LogP contribution in [-0.4, -0.2) is 28.6 Å². The molecular weight excluding hydrogens is 404 g/mol. The molecule has 0 aromatic heterocycles. The fourth-order valence-electron chi connectivity index (χ4n) is 3.53. The Bertz CT molecular complexity index is 1150. The standard InChI is InChI=1S/C26H26N2O2S/c1-4-16-30-23-15-14-19-10-8-9-13-21(19)22(23)17-24-25(29)28(18(2)3)26(31-24)27-20-11-6-5-7-12-20/h5-15,17-18H,4,16H2,1-3H3/b24-17+,27-26?. The van der Waals surface area contributed by atoms with E-state index in [4.69, 9.17) is 9.73 Å². The molecule has 0 N–H and O–H groups in total. The Hall–Kier alpha value is -3.05. The number of para-hydroxylation sites is 1. The first-order chi connectivity index (χ1) is 15.1. The number of carbonyl (C=O) groups is 1. The molecule has 5 heteroatoms. The number of carbonyl (C=O) groups excluding carboxylic acids is 1. The third-order valence-corrected chi connectivity index (χ3v) is 5.98. The summed E-state index contributed by atoms with van der Waals surface area (Å²) < 4.78 is 6.03. The lowest BCUT2D eigenvalue weighted by Crippen LogP contribution is -2.35. The third-order valence-electron chi connectivity index (χ3n) is 5.00. The maximum absolute atomic E-state index is 13.3. The van der Waals surface area contributed by atoms with Gasteiger partial charge in [-0.3, -0.25) is 9.69 Å². The zero-order valence-electron chi connectivity index (χ0n) is 18.0. The highest BCUT2D eigenvalue weighted by molar-refractivity contribution is 8.18. The van der Waals surface area contributed by atoms with Gasteiger partial charge in [0.2, 0.25) is 0 Å². The minimum atomic E-state index is -0.0240. The maximum atomic E-state index is 13.3. The van der Waals surface area contributed by atoms with Gasteiger partial charge in [0.1, 0.15) is 5.75 Å². The quantitative estimate of drug-likeness (QED) is 0.412.